The van der Waals surface area contributed by atoms with E-state index in [1.165, 1.54) is 12.3 Å². The van der Waals surface area contributed by atoms with E-state index in [1.807, 2.05) is 12.1 Å². The van der Waals surface area contributed by atoms with E-state index in [-0.39, 0.29) is 5.56 Å². The summed E-state index contributed by atoms with van der Waals surface area (Å²) in [6, 6.07) is 8.65. The summed E-state index contributed by atoms with van der Waals surface area (Å²) in [5.41, 5.74) is 0.693. The first-order valence-electron chi connectivity index (χ1n) is 4.66. The number of benzene rings is 1. The van der Waals surface area contributed by atoms with Gasteiger partial charge in [0.05, 0.1) is 6.20 Å². The Balaban J connectivity index is 2.02. The van der Waals surface area contributed by atoms with Crippen LogP contribution in [0.5, 0.6) is 5.75 Å². The second-order valence-electron chi connectivity index (χ2n) is 3.20. The first kappa shape index (κ1) is 10.7. The molecule has 1 heterocycles. The Bertz CT molecular complexity index is 522. The van der Waals surface area contributed by atoms with Crippen molar-refractivity contribution in [2.24, 2.45) is 0 Å². The van der Waals surface area contributed by atoms with Crippen LogP contribution in [0.2, 0.25) is 5.02 Å². The molecule has 82 valence electrons. The average Bonchev–Trinajstić information content (AvgIpc) is 2.28. The summed E-state index contributed by atoms with van der Waals surface area (Å²) in [4.78, 5) is 10.9. The maximum Gasteiger partial charge on any atom is 0.267 e. The normalized spacial score (nSPS) is 10.1. The SMILES string of the molecule is O=c1cc(OCc2ccc(Cl)cc2)cn[nH]1. The number of hydrogen-bond donors (Lipinski definition) is 1. The minimum Gasteiger partial charge on any atom is -0.487 e. The molecule has 0 amide bonds. The van der Waals surface area contributed by atoms with E-state index in [0.29, 0.717) is 17.4 Å². The highest BCUT2D eigenvalue weighted by molar-refractivity contribution is 6.30. The predicted molar refractivity (Wildman–Crippen MR) is 60.6 cm³/mol. The van der Waals surface area contributed by atoms with E-state index in [4.69, 9.17) is 16.3 Å². The Morgan fingerprint density at radius 1 is 1.31 bits per heavy atom. The van der Waals surface area contributed by atoms with Crippen LogP contribution in [0, 0.1) is 0 Å². The molecule has 0 atom stereocenters. The van der Waals surface area contributed by atoms with Crippen molar-refractivity contribution in [1.82, 2.24) is 10.2 Å². The van der Waals surface area contributed by atoms with Gasteiger partial charge in [0.15, 0.2) is 0 Å². The summed E-state index contributed by atoms with van der Waals surface area (Å²) < 4.78 is 5.39. The molecule has 0 bridgehead atoms. The van der Waals surface area contributed by atoms with Gasteiger partial charge in [-0.05, 0) is 17.7 Å². The Morgan fingerprint density at radius 2 is 2.06 bits per heavy atom. The number of aromatic amines is 1. The number of H-pyrrole nitrogens is 1. The van der Waals surface area contributed by atoms with Crippen LogP contribution in [0.3, 0.4) is 0 Å². The van der Waals surface area contributed by atoms with Crippen LogP contribution in [0.4, 0.5) is 0 Å². The van der Waals surface area contributed by atoms with E-state index in [2.05, 4.69) is 10.2 Å². The third-order valence-corrected chi connectivity index (χ3v) is 2.21. The third-order valence-electron chi connectivity index (χ3n) is 1.96. The molecular weight excluding hydrogens is 228 g/mol. The second kappa shape index (κ2) is 4.81. The molecule has 0 saturated carbocycles. The average molecular weight is 237 g/mol. The van der Waals surface area contributed by atoms with Gasteiger partial charge in [-0.25, -0.2) is 5.10 Å². The van der Waals surface area contributed by atoms with Crippen LogP contribution in [0.1, 0.15) is 5.56 Å². The van der Waals surface area contributed by atoms with Crippen LogP contribution in [-0.2, 0) is 6.61 Å². The monoisotopic (exact) mass is 236 g/mol. The quantitative estimate of drug-likeness (QED) is 0.887. The standard InChI is InChI=1S/C11H9ClN2O2/c12-9-3-1-8(2-4-9)7-16-10-5-11(15)14-13-6-10/h1-6H,7H2,(H,14,15). The largest absolute Gasteiger partial charge is 0.487 e. The van der Waals surface area contributed by atoms with Crippen LogP contribution < -0.4 is 10.3 Å². The highest BCUT2D eigenvalue weighted by atomic mass is 35.5. The highest BCUT2D eigenvalue weighted by Gasteiger charge is 1.97. The van der Waals surface area contributed by atoms with Crippen LogP contribution in [-0.4, -0.2) is 10.2 Å². The number of halogens is 1. The first-order valence-corrected chi connectivity index (χ1v) is 5.04. The lowest BCUT2D eigenvalue weighted by molar-refractivity contribution is 0.304. The van der Waals surface area contributed by atoms with Gasteiger partial charge in [-0.3, -0.25) is 4.79 Å². The lowest BCUT2D eigenvalue weighted by Gasteiger charge is -2.04. The maximum absolute atomic E-state index is 10.9. The minimum atomic E-state index is -0.284. The minimum absolute atomic E-state index is 0.284. The Hall–Kier alpha value is -1.81. The molecule has 1 N–H and O–H groups in total. The Labute approximate surface area is 96.8 Å². The van der Waals surface area contributed by atoms with Crippen molar-refractivity contribution in [3.05, 3.63) is 57.5 Å². The molecule has 0 spiro atoms. The van der Waals surface area contributed by atoms with Gasteiger partial charge in [-0.1, -0.05) is 23.7 Å². The van der Waals surface area contributed by atoms with E-state index in [0.717, 1.165) is 5.56 Å². The molecule has 1 aromatic heterocycles. The summed E-state index contributed by atoms with van der Waals surface area (Å²) in [6.07, 6.45) is 1.46. The number of nitrogens with zero attached hydrogens (tertiary/aromatic N) is 1. The van der Waals surface area contributed by atoms with Crippen LogP contribution in [0.15, 0.2) is 41.3 Å². The van der Waals surface area contributed by atoms with Crippen LogP contribution >= 0.6 is 11.6 Å². The molecule has 5 heteroatoms. The third kappa shape index (κ3) is 2.84. The zero-order chi connectivity index (χ0) is 11.4. The lowest BCUT2D eigenvalue weighted by Crippen LogP contribution is -2.07. The number of hydrogen-bond acceptors (Lipinski definition) is 3. The molecule has 4 nitrogen and oxygen atoms in total. The lowest BCUT2D eigenvalue weighted by atomic mass is 10.2. The fraction of sp³-hybridized carbons (Fsp3) is 0.0909. The van der Waals surface area contributed by atoms with Crippen molar-refractivity contribution >= 4 is 11.6 Å². The molecule has 0 fully saturated rings. The summed E-state index contributed by atoms with van der Waals surface area (Å²) in [6.45, 7) is 0.377. The van der Waals surface area contributed by atoms with Gasteiger partial charge in [-0.2, -0.15) is 5.10 Å². The van der Waals surface area contributed by atoms with Gasteiger partial charge in [0.25, 0.3) is 5.56 Å². The smallest absolute Gasteiger partial charge is 0.267 e. The molecule has 0 aliphatic rings. The number of ether oxygens (including phenoxy) is 1. The Kier molecular flexibility index (Phi) is 3.22. The molecule has 1 aromatic carbocycles. The van der Waals surface area contributed by atoms with Gasteiger partial charge < -0.3 is 4.74 Å². The van der Waals surface area contributed by atoms with Crippen molar-refractivity contribution in [3.8, 4) is 5.75 Å². The first-order chi connectivity index (χ1) is 7.74. The highest BCUT2D eigenvalue weighted by Crippen LogP contribution is 2.12. The van der Waals surface area contributed by atoms with Gasteiger partial charge in [0.2, 0.25) is 0 Å². The molecule has 2 rings (SSSR count). The fourth-order valence-electron chi connectivity index (χ4n) is 1.18. The second-order valence-corrected chi connectivity index (χ2v) is 3.63. The predicted octanol–water partition coefficient (Wildman–Crippen LogP) is 2.00. The molecule has 16 heavy (non-hydrogen) atoms. The summed E-state index contributed by atoms with van der Waals surface area (Å²) in [7, 11) is 0. The summed E-state index contributed by atoms with van der Waals surface area (Å²) in [5, 5.41) is 6.58. The van der Waals surface area contributed by atoms with Crippen molar-refractivity contribution in [3.63, 3.8) is 0 Å². The van der Waals surface area contributed by atoms with Gasteiger partial charge in [-0.15, -0.1) is 0 Å². The molecule has 0 unspecified atom stereocenters. The van der Waals surface area contributed by atoms with E-state index in [9.17, 15) is 4.79 Å². The summed E-state index contributed by atoms with van der Waals surface area (Å²) >= 11 is 5.75. The summed E-state index contributed by atoms with van der Waals surface area (Å²) in [5.74, 6) is 0.443. The molecule has 0 aliphatic carbocycles. The molecule has 0 saturated heterocycles. The van der Waals surface area contributed by atoms with Crippen LogP contribution in [0.25, 0.3) is 0 Å². The number of nitrogens with one attached hydrogen (secondary N) is 1. The molecule has 0 radical (unpaired) electrons. The van der Waals surface area contributed by atoms with Crippen molar-refractivity contribution in [2.75, 3.05) is 0 Å². The maximum atomic E-state index is 10.9. The van der Waals surface area contributed by atoms with Crippen molar-refractivity contribution in [1.29, 1.82) is 0 Å². The zero-order valence-electron chi connectivity index (χ0n) is 8.31. The number of rotatable bonds is 3. The number of aromatic nitrogens is 2. The van der Waals surface area contributed by atoms with Gasteiger partial charge >= 0.3 is 0 Å². The van der Waals surface area contributed by atoms with Crippen molar-refractivity contribution in [2.45, 2.75) is 6.61 Å². The Morgan fingerprint density at radius 3 is 2.75 bits per heavy atom. The zero-order valence-corrected chi connectivity index (χ0v) is 9.07. The fourth-order valence-corrected chi connectivity index (χ4v) is 1.31. The van der Waals surface area contributed by atoms with E-state index >= 15 is 0 Å². The van der Waals surface area contributed by atoms with Gasteiger partial charge in [0.1, 0.15) is 12.4 Å². The molecular formula is C11H9ClN2O2. The van der Waals surface area contributed by atoms with Crippen molar-refractivity contribution < 1.29 is 4.74 Å². The van der Waals surface area contributed by atoms with Gasteiger partial charge in [0, 0.05) is 11.1 Å². The molecule has 2 aromatic rings. The molecule has 0 aliphatic heterocycles. The van der Waals surface area contributed by atoms with E-state index in [1.54, 1.807) is 12.1 Å². The van der Waals surface area contributed by atoms with E-state index < -0.39 is 0 Å². The topological polar surface area (TPSA) is 55.0 Å².